The third-order valence-corrected chi connectivity index (χ3v) is 5.07. The van der Waals surface area contributed by atoms with Gasteiger partial charge in [0.2, 0.25) is 0 Å². The van der Waals surface area contributed by atoms with E-state index in [-0.39, 0.29) is 12.1 Å². The normalized spacial score (nSPS) is 19.3. The second-order valence-electron chi connectivity index (χ2n) is 6.91. The van der Waals surface area contributed by atoms with E-state index in [1.54, 1.807) is 0 Å². The van der Waals surface area contributed by atoms with Crippen molar-refractivity contribution in [2.75, 3.05) is 19.6 Å². The van der Waals surface area contributed by atoms with Gasteiger partial charge in [-0.15, -0.1) is 0 Å². The maximum absolute atomic E-state index is 12.3. The predicted octanol–water partition coefficient (Wildman–Crippen LogP) is 4.19. The summed E-state index contributed by atoms with van der Waals surface area (Å²) in [5.41, 5.74) is 2.01. The molecule has 2 aromatic carbocycles. The fourth-order valence-corrected chi connectivity index (χ4v) is 3.52. The highest BCUT2D eigenvalue weighted by Crippen LogP contribution is 2.22. The number of nitrogens with zero attached hydrogens (tertiary/aromatic N) is 1. The van der Waals surface area contributed by atoms with Gasteiger partial charge in [0.05, 0.1) is 5.56 Å². The van der Waals surface area contributed by atoms with Gasteiger partial charge in [0.25, 0.3) is 0 Å². The molecule has 1 heterocycles. The lowest BCUT2D eigenvalue weighted by Gasteiger charge is -2.35. The highest BCUT2D eigenvalue weighted by Gasteiger charge is 2.27. The highest BCUT2D eigenvalue weighted by molar-refractivity contribution is 5.89. The lowest BCUT2D eigenvalue weighted by atomic mass is 9.93. The van der Waals surface area contributed by atoms with E-state index >= 15 is 0 Å². The molecule has 0 spiro atoms. The van der Waals surface area contributed by atoms with E-state index in [0.29, 0.717) is 11.5 Å². The Bertz CT molecular complexity index is 656. The Balaban J connectivity index is 1.49. The number of esters is 1. The average molecular weight is 337 g/mol. The monoisotopic (exact) mass is 337 g/mol. The van der Waals surface area contributed by atoms with E-state index in [1.807, 2.05) is 37.3 Å². The molecule has 3 rings (SSSR count). The van der Waals surface area contributed by atoms with Crippen LogP contribution >= 0.6 is 0 Å². The number of likely N-dealkylation sites (tertiary alicyclic amines) is 1. The summed E-state index contributed by atoms with van der Waals surface area (Å²) in [5.74, 6) is 0.201. The standard InChI is InChI=1S/C22H27NO2/c1-18(25-22(24)20-11-6-3-7-12-20)21-13-8-15-23(17-21)16-14-19-9-4-2-5-10-19/h2-7,9-12,18,21H,8,13-17H2,1H3. The van der Waals surface area contributed by atoms with E-state index in [4.69, 9.17) is 4.74 Å². The Hall–Kier alpha value is -2.13. The number of ether oxygens (including phenoxy) is 1. The third kappa shape index (κ3) is 5.17. The molecule has 0 amide bonds. The van der Waals surface area contributed by atoms with Gasteiger partial charge in [0.15, 0.2) is 0 Å². The molecule has 0 aromatic heterocycles. The van der Waals surface area contributed by atoms with Crippen molar-refractivity contribution in [3.8, 4) is 0 Å². The Morgan fingerprint density at radius 2 is 1.80 bits per heavy atom. The molecule has 0 bridgehead atoms. The number of carbonyl (C=O) groups excluding carboxylic acids is 1. The molecule has 2 atom stereocenters. The fourth-order valence-electron chi connectivity index (χ4n) is 3.52. The van der Waals surface area contributed by atoms with E-state index in [2.05, 4.69) is 35.2 Å². The van der Waals surface area contributed by atoms with Gasteiger partial charge < -0.3 is 9.64 Å². The van der Waals surface area contributed by atoms with Crippen LogP contribution in [0.25, 0.3) is 0 Å². The zero-order chi connectivity index (χ0) is 17.5. The Kier molecular flexibility index (Phi) is 6.24. The number of rotatable bonds is 6. The Morgan fingerprint density at radius 1 is 1.12 bits per heavy atom. The SMILES string of the molecule is CC(OC(=O)c1ccccc1)C1CCCN(CCc2ccccc2)C1. The van der Waals surface area contributed by atoms with Gasteiger partial charge in [-0.3, -0.25) is 0 Å². The fraction of sp³-hybridized carbons (Fsp3) is 0.409. The van der Waals surface area contributed by atoms with Crippen molar-refractivity contribution in [3.63, 3.8) is 0 Å². The van der Waals surface area contributed by atoms with Crippen LogP contribution in [0.15, 0.2) is 60.7 Å². The number of carbonyl (C=O) groups is 1. The second kappa shape index (κ2) is 8.82. The molecule has 3 heteroatoms. The van der Waals surface area contributed by atoms with Crippen LogP contribution in [-0.4, -0.2) is 36.6 Å². The van der Waals surface area contributed by atoms with Crippen LogP contribution in [0.5, 0.6) is 0 Å². The summed E-state index contributed by atoms with van der Waals surface area (Å²) in [5, 5.41) is 0. The van der Waals surface area contributed by atoms with Gasteiger partial charge in [0.1, 0.15) is 6.10 Å². The molecule has 2 unspecified atom stereocenters. The Labute approximate surface area is 150 Å². The zero-order valence-electron chi connectivity index (χ0n) is 14.9. The molecule has 25 heavy (non-hydrogen) atoms. The van der Waals surface area contributed by atoms with Crippen LogP contribution in [-0.2, 0) is 11.2 Å². The van der Waals surface area contributed by atoms with Crippen molar-refractivity contribution < 1.29 is 9.53 Å². The van der Waals surface area contributed by atoms with Crippen molar-refractivity contribution in [1.29, 1.82) is 0 Å². The minimum atomic E-state index is -0.213. The van der Waals surface area contributed by atoms with E-state index in [9.17, 15) is 4.79 Å². The van der Waals surface area contributed by atoms with E-state index in [0.717, 1.165) is 32.5 Å². The average Bonchev–Trinajstić information content (AvgIpc) is 2.68. The smallest absolute Gasteiger partial charge is 0.338 e. The zero-order valence-corrected chi connectivity index (χ0v) is 14.9. The van der Waals surface area contributed by atoms with Crippen molar-refractivity contribution in [2.45, 2.75) is 32.3 Å². The molecular weight excluding hydrogens is 310 g/mol. The molecule has 1 aliphatic rings. The molecular formula is C22H27NO2. The molecule has 0 aliphatic carbocycles. The van der Waals surface area contributed by atoms with Crippen molar-refractivity contribution in [3.05, 3.63) is 71.8 Å². The molecule has 0 radical (unpaired) electrons. The van der Waals surface area contributed by atoms with Crippen molar-refractivity contribution in [1.82, 2.24) is 4.90 Å². The summed E-state index contributed by atoms with van der Waals surface area (Å²) < 4.78 is 5.72. The number of hydrogen-bond acceptors (Lipinski definition) is 3. The van der Waals surface area contributed by atoms with Crippen LogP contribution in [0.3, 0.4) is 0 Å². The highest BCUT2D eigenvalue weighted by atomic mass is 16.5. The summed E-state index contributed by atoms with van der Waals surface area (Å²) in [6.45, 7) is 5.25. The summed E-state index contributed by atoms with van der Waals surface area (Å²) >= 11 is 0. The summed E-state index contributed by atoms with van der Waals surface area (Å²) in [6, 6.07) is 19.9. The Morgan fingerprint density at radius 3 is 2.52 bits per heavy atom. The first-order valence-corrected chi connectivity index (χ1v) is 9.24. The summed E-state index contributed by atoms with van der Waals surface area (Å²) in [6.07, 6.45) is 3.33. The van der Waals surface area contributed by atoms with Gasteiger partial charge >= 0.3 is 5.97 Å². The molecule has 1 saturated heterocycles. The van der Waals surface area contributed by atoms with Crippen LogP contribution in [0.2, 0.25) is 0 Å². The lowest BCUT2D eigenvalue weighted by Crippen LogP contribution is -2.41. The first-order chi connectivity index (χ1) is 12.2. The minimum Gasteiger partial charge on any atom is -0.459 e. The van der Waals surface area contributed by atoms with Gasteiger partial charge in [-0.2, -0.15) is 0 Å². The molecule has 0 N–H and O–H groups in total. The first kappa shape index (κ1) is 17.7. The van der Waals surface area contributed by atoms with E-state index in [1.165, 1.54) is 12.0 Å². The number of piperidine rings is 1. The van der Waals surface area contributed by atoms with Gasteiger partial charge in [-0.1, -0.05) is 48.5 Å². The van der Waals surface area contributed by atoms with Crippen LogP contribution in [0.1, 0.15) is 35.7 Å². The summed E-state index contributed by atoms with van der Waals surface area (Å²) in [7, 11) is 0. The van der Waals surface area contributed by atoms with Gasteiger partial charge in [-0.05, 0) is 50.4 Å². The number of hydrogen-bond donors (Lipinski definition) is 0. The molecule has 3 nitrogen and oxygen atoms in total. The molecule has 132 valence electrons. The predicted molar refractivity (Wildman–Crippen MR) is 101 cm³/mol. The van der Waals surface area contributed by atoms with Gasteiger partial charge in [-0.25, -0.2) is 4.79 Å². The molecule has 0 saturated carbocycles. The quantitative estimate of drug-likeness (QED) is 0.740. The summed E-state index contributed by atoms with van der Waals surface area (Å²) in [4.78, 5) is 14.8. The molecule has 1 aliphatic heterocycles. The lowest BCUT2D eigenvalue weighted by molar-refractivity contribution is 0.00550. The maximum atomic E-state index is 12.3. The van der Waals surface area contributed by atoms with Crippen LogP contribution < -0.4 is 0 Å². The minimum absolute atomic E-state index is 0.0489. The van der Waals surface area contributed by atoms with E-state index < -0.39 is 0 Å². The topological polar surface area (TPSA) is 29.5 Å². The van der Waals surface area contributed by atoms with Crippen LogP contribution in [0, 0.1) is 5.92 Å². The molecule has 1 fully saturated rings. The number of benzene rings is 2. The molecule has 2 aromatic rings. The maximum Gasteiger partial charge on any atom is 0.338 e. The van der Waals surface area contributed by atoms with Crippen molar-refractivity contribution >= 4 is 5.97 Å². The largest absolute Gasteiger partial charge is 0.459 e. The third-order valence-electron chi connectivity index (χ3n) is 5.07. The van der Waals surface area contributed by atoms with Gasteiger partial charge in [0, 0.05) is 19.0 Å². The van der Waals surface area contributed by atoms with Crippen molar-refractivity contribution in [2.24, 2.45) is 5.92 Å². The van der Waals surface area contributed by atoms with Crippen LogP contribution in [0.4, 0.5) is 0 Å². The first-order valence-electron chi connectivity index (χ1n) is 9.24. The second-order valence-corrected chi connectivity index (χ2v) is 6.91.